The highest BCUT2D eigenvalue weighted by Gasteiger charge is 2.20. The summed E-state index contributed by atoms with van der Waals surface area (Å²) in [6.45, 7) is 2.98. The number of carbonyl (C=O) groups is 1. The molecule has 0 aliphatic carbocycles. The van der Waals surface area contributed by atoms with Gasteiger partial charge in [-0.15, -0.1) is 12.4 Å². The van der Waals surface area contributed by atoms with E-state index in [1.165, 1.54) is 12.8 Å². The van der Waals surface area contributed by atoms with Crippen LogP contribution >= 0.6 is 24.0 Å². The molecule has 0 bridgehead atoms. The van der Waals surface area contributed by atoms with Crippen LogP contribution in [-0.4, -0.2) is 32.3 Å². The molecular weight excluding hydrogens is 327 g/mol. The van der Waals surface area contributed by atoms with E-state index in [2.05, 4.69) is 10.6 Å². The lowest BCUT2D eigenvalue weighted by Crippen LogP contribution is -2.33. The molecule has 0 radical (unpaired) electrons. The Kier molecular flexibility index (Phi) is 6.17. The predicted molar refractivity (Wildman–Crippen MR) is 87.4 cm³/mol. The number of carbonyl (C=O) groups excluding carboxylic acids is 1. The number of rotatable bonds is 4. The van der Waals surface area contributed by atoms with E-state index in [1.54, 1.807) is 12.1 Å². The molecule has 7 heteroatoms. The smallest absolute Gasteiger partial charge is 0.251 e. The largest absolute Gasteiger partial charge is 0.454 e. The molecule has 1 fully saturated rings. The van der Waals surface area contributed by atoms with Crippen molar-refractivity contribution in [1.29, 1.82) is 0 Å². The summed E-state index contributed by atoms with van der Waals surface area (Å²) in [5.41, 5.74) is 0.506. The number of piperidine rings is 1. The molecule has 0 saturated carbocycles. The summed E-state index contributed by atoms with van der Waals surface area (Å²) in [5.74, 6) is 1.57. The number of hydrogen-bond donors (Lipinski definition) is 2. The van der Waals surface area contributed by atoms with Gasteiger partial charge in [0.2, 0.25) is 6.79 Å². The van der Waals surface area contributed by atoms with E-state index in [4.69, 9.17) is 21.1 Å². The molecule has 1 unspecified atom stereocenters. The fourth-order valence-corrected chi connectivity index (χ4v) is 3.03. The average Bonchev–Trinajstić information content (AvgIpc) is 2.97. The van der Waals surface area contributed by atoms with Crippen LogP contribution in [0.4, 0.5) is 0 Å². The number of halogens is 2. The molecule has 0 spiro atoms. The molecule has 2 aliphatic rings. The second kappa shape index (κ2) is 7.90. The van der Waals surface area contributed by atoms with E-state index in [0.29, 0.717) is 34.5 Å². The molecule has 1 amide bonds. The zero-order valence-electron chi connectivity index (χ0n) is 12.2. The lowest BCUT2D eigenvalue weighted by molar-refractivity contribution is 0.0950. The Bertz CT molecular complexity index is 534. The Hall–Kier alpha value is -1.17. The minimum atomic E-state index is -0.126. The Morgan fingerprint density at radius 3 is 3.05 bits per heavy atom. The van der Waals surface area contributed by atoms with Gasteiger partial charge >= 0.3 is 0 Å². The summed E-state index contributed by atoms with van der Waals surface area (Å²) in [7, 11) is 0. The lowest BCUT2D eigenvalue weighted by Gasteiger charge is -2.22. The molecule has 2 aliphatic heterocycles. The first kappa shape index (κ1) is 17.2. The van der Waals surface area contributed by atoms with Crippen LogP contribution in [0.1, 0.15) is 29.6 Å². The van der Waals surface area contributed by atoms with E-state index in [-0.39, 0.29) is 25.1 Å². The van der Waals surface area contributed by atoms with E-state index >= 15 is 0 Å². The number of benzene rings is 1. The first-order chi connectivity index (χ1) is 10.2. The maximum Gasteiger partial charge on any atom is 0.251 e. The number of hydrogen-bond acceptors (Lipinski definition) is 4. The van der Waals surface area contributed by atoms with Crippen molar-refractivity contribution in [2.45, 2.75) is 19.3 Å². The number of fused-ring (bicyclic) bond motifs is 1. The highest BCUT2D eigenvalue weighted by molar-refractivity contribution is 6.32. The van der Waals surface area contributed by atoms with Gasteiger partial charge in [-0.1, -0.05) is 11.6 Å². The highest BCUT2D eigenvalue weighted by atomic mass is 35.5. The quantitative estimate of drug-likeness (QED) is 0.879. The van der Waals surface area contributed by atoms with E-state index in [0.717, 1.165) is 19.5 Å². The Labute approximate surface area is 141 Å². The molecule has 1 aromatic rings. The van der Waals surface area contributed by atoms with Gasteiger partial charge in [0.15, 0.2) is 11.5 Å². The molecule has 1 atom stereocenters. The molecule has 3 rings (SSSR count). The summed E-state index contributed by atoms with van der Waals surface area (Å²) in [5, 5.41) is 6.73. The van der Waals surface area contributed by atoms with Gasteiger partial charge in [0.25, 0.3) is 5.91 Å². The second-order valence-electron chi connectivity index (χ2n) is 5.45. The van der Waals surface area contributed by atoms with E-state index in [1.807, 2.05) is 0 Å². The maximum absolute atomic E-state index is 12.2. The van der Waals surface area contributed by atoms with Crippen molar-refractivity contribution in [1.82, 2.24) is 10.6 Å². The summed E-state index contributed by atoms with van der Waals surface area (Å²) in [6.07, 6.45) is 3.45. The van der Waals surface area contributed by atoms with Gasteiger partial charge in [-0.3, -0.25) is 4.79 Å². The van der Waals surface area contributed by atoms with Gasteiger partial charge < -0.3 is 20.1 Å². The van der Waals surface area contributed by atoms with Gasteiger partial charge in [-0.05, 0) is 50.4 Å². The van der Waals surface area contributed by atoms with E-state index < -0.39 is 0 Å². The molecule has 1 aromatic carbocycles. The van der Waals surface area contributed by atoms with Crippen LogP contribution in [-0.2, 0) is 0 Å². The Balaban J connectivity index is 0.00000176. The lowest BCUT2D eigenvalue weighted by atomic mass is 9.96. The Morgan fingerprint density at radius 1 is 1.41 bits per heavy atom. The Morgan fingerprint density at radius 2 is 2.27 bits per heavy atom. The van der Waals surface area contributed by atoms with Gasteiger partial charge in [0, 0.05) is 12.1 Å². The van der Waals surface area contributed by atoms with Crippen molar-refractivity contribution in [3.8, 4) is 11.5 Å². The SMILES string of the molecule is Cl.O=C(NCCC1CCCNC1)c1cc(Cl)c2c(c1)OCO2. The number of amides is 1. The van der Waals surface area contributed by atoms with Crippen LogP contribution in [0.3, 0.4) is 0 Å². The predicted octanol–water partition coefficient (Wildman–Crippen LogP) is 2.61. The van der Waals surface area contributed by atoms with Crippen molar-refractivity contribution in [3.63, 3.8) is 0 Å². The summed E-state index contributed by atoms with van der Waals surface area (Å²) < 4.78 is 10.5. The zero-order chi connectivity index (χ0) is 14.7. The zero-order valence-corrected chi connectivity index (χ0v) is 13.8. The standard InChI is InChI=1S/C15H19ClN2O3.ClH/c16-12-6-11(7-13-14(12)21-9-20-13)15(19)18-5-3-10-2-1-4-17-8-10;/h6-7,10,17H,1-5,8-9H2,(H,18,19);1H. The average molecular weight is 347 g/mol. The van der Waals surface area contributed by atoms with Crippen molar-refractivity contribution in [2.24, 2.45) is 5.92 Å². The molecule has 1 saturated heterocycles. The van der Waals surface area contributed by atoms with Gasteiger partial charge in [-0.25, -0.2) is 0 Å². The van der Waals surface area contributed by atoms with Crippen molar-refractivity contribution >= 4 is 29.9 Å². The summed E-state index contributed by atoms with van der Waals surface area (Å²) in [6, 6.07) is 3.29. The monoisotopic (exact) mass is 346 g/mol. The molecule has 2 N–H and O–H groups in total. The third kappa shape index (κ3) is 3.97. The fourth-order valence-electron chi connectivity index (χ4n) is 2.76. The molecule has 5 nitrogen and oxygen atoms in total. The third-order valence-corrected chi connectivity index (χ3v) is 4.21. The van der Waals surface area contributed by atoms with E-state index in [9.17, 15) is 4.79 Å². The molecule has 2 heterocycles. The number of ether oxygens (including phenoxy) is 2. The first-order valence-corrected chi connectivity index (χ1v) is 7.70. The second-order valence-corrected chi connectivity index (χ2v) is 5.86. The topological polar surface area (TPSA) is 59.6 Å². The normalized spacial score (nSPS) is 19.4. The first-order valence-electron chi connectivity index (χ1n) is 7.32. The molecular formula is C15H20Cl2N2O3. The van der Waals surface area contributed by atoms with Crippen LogP contribution in [0.25, 0.3) is 0 Å². The van der Waals surface area contributed by atoms with Crippen molar-refractivity contribution < 1.29 is 14.3 Å². The molecule has 22 heavy (non-hydrogen) atoms. The van der Waals surface area contributed by atoms with Crippen LogP contribution in [0.5, 0.6) is 11.5 Å². The minimum Gasteiger partial charge on any atom is -0.454 e. The summed E-state index contributed by atoms with van der Waals surface area (Å²) >= 11 is 6.08. The van der Waals surface area contributed by atoms with Crippen LogP contribution in [0.2, 0.25) is 5.02 Å². The minimum absolute atomic E-state index is 0. The van der Waals surface area contributed by atoms with Gasteiger partial charge in [0.1, 0.15) is 0 Å². The van der Waals surface area contributed by atoms with Crippen LogP contribution < -0.4 is 20.1 Å². The molecule has 0 aromatic heterocycles. The van der Waals surface area contributed by atoms with Gasteiger partial charge in [0.05, 0.1) is 5.02 Å². The number of nitrogens with one attached hydrogen (secondary N) is 2. The van der Waals surface area contributed by atoms with Crippen molar-refractivity contribution in [3.05, 3.63) is 22.7 Å². The fraction of sp³-hybridized carbons (Fsp3) is 0.533. The van der Waals surface area contributed by atoms with Gasteiger partial charge in [-0.2, -0.15) is 0 Å². The van der Waals surface area contributed by atoms with Crippen molar-refractivity contribution in [2.75, 3.05) is 26.4 Å². The maximum atomic E-state index is 12.2. The van der Waals surface area contributed by atoms with Crippen LogP contribution in [0, 0.1) is 5.92 Å². The third-order valence-electron chi connectivity index (χ3n) is 3.93. The van der Waals surface area contributed by atoms with Crippen LogP contribution in [0.15, 0.2) is 12.1 Å². The summed E-state index contributed by atoms with van der Waals surface area (Å²) in [4.78, 5) is 12.2. The highest BCUT2D eigenvalue weighted by Crippen LogP contribution is 2.39. The molecule has 122 valence electrons.